The van der Waals surface area contributed by atoms with E-state index in [4.69, 9.17) is 16.3 Å². The number of alkyl halides is 1. The van der Waals surface area contributed by atoms with Gasteiger partial charge in [-0.25, -0.2) is 0 Å². The standard InChI is InChI=1S/C14H17BrClNO2/c1-9-5-11(16)3-4-13(9)14(18)17-7-12(6-15)19-8-10(17)2/h3-5,10,12H,6-8H2,1-2H3. The number of morpholine rings is 1. The van der Waals surface area contributed by atoms with E-state index in [2.05, 4.69) is 15.9 Å². The monoisotopic (exact) mass is 345 g/mol. The van der Waals surface area contributed by atoms with E-state index in [9.17, 15) is 4.79 Å². The lowest BCUT2D eigenvalue weighted by atomic mass is 10.1. The highest BCUT2D eigenvalue weighted by Crippen LogP contribution is 2.21. The van der Waals surface area contributed by atoms with Gasteiger partial charge < -0.3 is 9.64 Å². The van der Waals surface area contributed by atoms with Crippen molar-refractivity contribution in [3.05, 3.63) is 34.3 Å². The quantitative estimate of drug-likeness (QED) is 0.769. The van der Waals surface area contributed by atoms with Gasteiger partial charge in [0.1, 0.15) is 0 Å². The predicted molar refractivity (Wildman–Crippen MR) is 80.2 cm³/mol. The first-order valence-electron chi connectivity index (χ1n) is 6.27. The molecule has 19 heavy (non-hydrogen) atoms. The number of nitrogens with zero attached hydrogens (tertiary/aromatic N) is 1. The Bertz CT molecular complexity index is 481. The van der Waals surface area contributed by atoms with Crippen molar-refractivity contribution < 1.29 is 9.53 Å². The lowest BCUT2D eigenvalue weighted by Crippen LogP contribution is -2.51. The second-order valence-electron chi connectivity index (χ2n) is 4.88. The molecule has 0 bridgehead atoms. The number of ether oxygens (including phenoxy) is 1. The van der Waals surface area contributed by atoms with E-state index < -0.39 is 0 Å². The maximum absolute atomic E-state index is 12.6. The lowest BCUT2D eigenvalue weighted by Gasteiger charge is -2.37. The van der Waals surface area contributed by atoms with Crippen LogP contribution in [-0.4, -0.2) is 41.4 Å². The molecule has 1 fully saturated rings. The van der Waals surface area contributed by atoms with Gasteiger partial charge >= 0.3 is 0 Å². The van der Waals surface area contributed by atoms with Crippen molar-refractivity contribution in [3.8, 4) is 0 Å². The average Bonchev–Trinajstić information content (AvgIpc) is 2.38. The molecule has 0 aromatic heterocycles. The van der Waals surface area contributed by atoms with Crippen molar-refractivity contribution in [2.75, 3.05) is 18.5 Å². The number of halogens is 2. The SMILES string of the molecule is Cc1cc(Cl)ccc1C(=O)N1CC(CBr)OCC1C. The minimum absolute atomic E-state index is 0.0518. The normalized spacial score (nSPS) is 23.5. The number of carbonyl (C=O) groups excluding carboxylic acids is 1. The van der Waals surface area contributed by atoms with E-state index in [1.165, 1.54) is 0 Å². The summed E-state index contributed by atoms with van der Waals surface area (Å²) in [6.45, 7) is 5.11. The highest BCUT2D eigenvalue weighted by molar-refractivity contribution is 9.09. The van der Waals surface area contributed by atoms with Crippen molar-refractivity contribution in [1.29, 1.82) is 0 Å². The molecule has 0 aliphatic carbocycles. The van der Waals surface area contributed by atoms with Gasteiger partial charge in [0, 0.05) is 22.5 Å². The first kappa shape index (κ1) is 14.8. The molecule has 0 spiro atoms. The number of hydrogen-bond donors (Lipinski definition) is 0. The Labute approximate surface area is 127 Å². The fourth-order valence-corrected chi connectivity index (χ4v) is 2.83. The van der Waals surface area contributed by atoms with Crippen molar-refractivity contribution >= 4 is 33.4 Å². The van der Waals surface area contributed by atoms with Crippen molar-refractivity contribution in [2.24, 2.45) is 0 Å². The summed E-state index contributed by atoms with van der Waals surface area (Å²) < 4.78 is 5.64. The third-order valence-electron chi connectivity index (χ3n) is 3.36. The van der Waals surface area contributed by atoms with Crippen molar-refractivity contribution in [2.45, 2.75) is 26.0 Å². The fourth-order valence-electron chi connectivity index (χ4n) is 2.22. The summed E-state index contributed by atoms with van der Waals surface area (Å²) in [6, 6.07) is 5.47. The number of aryl methyl sites for hydroxylation is 1. The van der Waals surface area contributed by atoms with Crippen LogP contribution in [0.2, 0.25) is 5.02 Å². The summed E-state index contributed by atoms with van der Waals surface area (Å²) in [6.07, 6.45) is 0.0627. The molecule has 1 aromatic carbocycles. The number of hydrogen-bond acceptors (Lipinski definition) is 2. The van der Waals surface area contributed by atoms with E-state index in [1.54, 1.807) is 12.1 Å². The molecule has 5 heteroatoms. The van der Waals surface area contributed by atoms with Gasteiger partial charge in [0.05, 0.1) is 18.8 Å². The highest BCUT2D eigenvalue weighted by Gasteiger charge is 2.30. The average molecular weight is 347 g/mol. The van der Waals surface area contributed by atoms with Gasteiger partial charge in [-0.3, -0.25) is 4.79 Å². The van der Waals surface area contributed by atoms with Gasteiger partial charge in [-0.05, 0) is 37.6 Å². The summed E-state index contributed by atoms with van der Waals surface area (Å²) in [5.41, 5.74) is 1.62. The van der Waals surface area contributed by atoms with Gasteiger partial charge in [0.15, 0.2) is 0 Å². The van der Waals surface area contributed by atoms with Gasteiger partial charge in [0.2, 0.25) is 0 Å². The molecule has 1 amide bonds. The molecule has 1 aliphatic heterocycles. The second-order valence-corrected chi connectivity index (χ2v) is 5.96. The summed E-state index contributed by atoms with van der Waals surface area (Å²) in [5, 5.41) is 1.39. The van der Waals surface area contributed by atoms with Gasteiger partial charge in [-0.15, -0.1) is 0 Å². The number of carbonyl (C=O) groups is 1. The van der Waals surface area contributed by atoms with Crippen LogP contribution >= 0.6 is 27.5 Å². The Hall–Kier alpha value is -0.580. The molecular formula is C14H17BrClNO2. The van der Waals surface area contributed by atoms with Crippen LogP contribution in [0.4, 0.5) is 0 Å². The van der Waals surface area contributed by atoms with Gasteiger partial charge in [-0.1, -0.05) is 27.5 Å². The summed E-state index contributed by atoms with van der Waals surface area (Å²) in [7, 11) is 0. The molecule has 2 atom stereocenters. The van der Waals surface area contributed by atoms with Crippen LogP contribution in [-0.2, 0) is 4.74 Å². The minimum atomic E-state index is 0.0518. The van der Waals surface area contributed by atoms with Crippen molar-refractivity contribution in [1.82, 2.24) is 4.90 Å². The summed E-state index contributed by atoms with van der Waals surface area (Å²) in [5.74, 6) is 0.0518. The number of amides is 1. The van der Waals surface area contributed by atoms with Crippen LogP contribution in [0.15, 0.2) is 18.2 Å². The second kappa shape index (κ2) is 6.25. The molecule has 2 rings (SSSR count). The zero-order valence-electron chi connectivity index (χ0n) is 11.0. The van der Waals surface area contributed by atoms with E-state index in [0.29, 0.717) is 23.7 Å². The van der Waals surface area contributed by atoms with Crippen LogP contribution in [0, 0.1) is 6.92 Å². The van der Waals surface area contributed by atoms with Crippen LogP contribution in [0.1, 0.15) is 22.8 Å². The smallest absolute Gasteiger partial charge is 0.254 e. The predicted octanol–water partition coefficient (Wildman–Crippen LogP) is 3.27. The molecule has 1 aliphatic rings. The number of benzene rings is 1. The summed E-state index contributed by atoms with van der Waals surface area (Å²) >= 11 is 9.34. The first-order valence-corrected chi connectivity index (χ1v) is 7.77. The first-order chi connectivity index (χ1) is 9.02. The lowest BCUT2D eigenvalue weighted by molar-refractivity contribution is -0.0361. The Morgan fingerprint density at radius 3 is 2.95 bits per heavy atom. The maximum atomic E-state index is 12.6. The van der Waals surface area contributed by atoms with E-state index in [1.807, 2.05) is 24.8 Å². The molecule has 1 aromatic rings. The molecule has 0 radical (unpaired) electrons. The zero-order chi connectivity index (χ0) is 14.0. The van der Waals surface area contributed by atoms with Crippen LogP contribution in [0.25, 0.3) is 0 Å². The Morgan fingerprint density at radius 2 is 2.32 bits per heavy atom. The van der Waals surface area contributed by atoms with E-state index in [-0.39, 0.29) is 18.1 Å². The molecule has 3 nitrogen and oxygen atoms in total. The molecule has 1 heterocycles. The summed E-state index contributed by atoms with van der Waals surface area (Å²) in [4.78, 5) is 14.5. The number of rotatable bonds is 2. The minimum Gasteiger partial charge on any atom is -0.373 e. The van der Waals surface area contributed by atoms with Crippen molar-refractivity contribution in [3.63, 3.8) is 0 Å². The van der Waals surface area contributed by atoms with E-state index >= 15 is 0 Å². The molecule has 1 saturated heterocycles. The Balaban J connectivity index is 2.22. The molecule has 0 saturated carbocycles. The third-order valence-corrected chi connectivity index (χ3v) is 4.31. The largest absolute Gasteiger partial charge is 0.373 e. The molecule has 0 N–H and O–H groups in total. The van der Waals surface area contributed by atoms with E-state index in [0.717, 1.165) is 10.9 Å². The maximum Gasteiger partial charge on any atom is 0.254 e. The van der Waals surface area contributed by atoms with Crippen LogP contribution in [0.5, 0.6) is 0 Å². The molecular weight excluding hydrogens is 330 g/mol. The Morgan fingerprint density at radius 1 is 1.58 bits per heavy atom. The zero-order valence-corrected chi connectivity index (χ0v) is 13.4. The van der Waals surface area contributed by atoms with Crippen LogP contribution in [0.3, 0.4) is 0 Å². The fraction of sp³-hybridized carbons (Fsp3) is 0.500. The molecule has 104 valence electrons. The van der Waals surface area contributed by atoms with Crippen LogP contribution < -0.4 is 0 Å². The Kier molecular flexibility index (Phi) is 4.87. The van der Waals surface area contributed by atoms with Gasteiger partial charge in [0.25, 0.3) is 5.91 Å². The third kappa shape index (κ3) is 3.30. The topological polar surface area (TPSA) is 29.5 Å². The van der Waals surface area contributed by atoms with Gasteiger partial charge in [-0.2, -0.15) is 0 Å². The highest BCUT2D eigenvalue weighted by atomic mass is 79.9. The molecule has 2 unspecified atom stereocenters.